The smallest absolute Gasteiger partial charge is 0.150 e. The second-order valence-corrected chi connectivity index (χ2v) is 4.07. The molecular formula is C16H10N2O2. The van der Waals surface area contributed by atoms with Gasteiger partial charge in [0.25, 0.3) is 0 Å². The van der Waals surface area contributed by atoms with Gasteiger partial charge in [0, 0.05) is 5.56 Å². The molecule has 2 rings (SSSR count). The highest BCUT2D eigenvalue weighted by molar-refractivity contribution is 5.76. The highest BCUT2D eigenvalue weighted by Gasteiger charge is 2.06. The summed E-state index contributed by atoms with van der Waals surface area (Å²) in [5.74, 6) is 0.966. The zero-order valence-corrected chi connectivity index (χ0v) is 10.5. The maximum absolute atomic E-state index is 10.7. The van der Waals surface area contributed by atoms with Gasteiger partial charge in [-0.25, -0.2) is 0 Å². The van der Waals surface area contributed by atoms with Crippen molar-refractivity contribution in [3.05, 3.63) is 59.2 Å². The molecule has 4 heteroatoms. The molecule has 0 aromatic heterocycles. The van der Waals surface area contributed by atoms with Crippen LogP contribution in [0.25, 0.3) is 0 Å². The summed E-state index contributed by atoms with van der Waals surface area (Å²) in [6.07, 6.45) is 1.03. The van der Waals surface area contributed by atoms with Crippen LogP contribution < -0.4 is 4.74 Å². The minimum atomic E-state index is 0.302. The fourth-order valence-corrected chi connectivity index (χ4v) is 1.69. The first kappa shape index (κ1) is 13.3. The van der Waals surface area contributed by atoms with Crippen LogP contribution in [0.5, 0.6) is 11.5 Å². The number of hydrogen-bond acceptors (Lipinski definition) is 4. The zero-order chi connectivity index (χ0) is 14.4. The van der Waals surface area contributed by atoms with E-state index in [2.05, 4.69) is 6.07 Å². The molecule has 96 valence electrons. The Bertz CT molecular complexity index is 707. The van der Waals surface area contributed by atoms with Gasteiger partial charge in [0.15, 0.2) is 0 Å². The molecule has 2 aromatic carbocycles. The van der Waals surface area contributed by atoms with E-state index in [0.717, 1.165) is 5.56 Å². The molecule has 4 nitrogen and oxygen atoms in total. The van der Waals surface area contributed by atoms with E-state index >= 15 is 0 Å². The Balaban J connectivity index is 2.24. The molecule has 0 N–H and O–H groups in total. The minimum absolute atomic E-state index is 0.302. The lowest BCUT2D eigenvalue weighted by Gasteiger charge is -2.08. The first-order valence-electron chi connectivity index (χ1n) is 5.90. The van der Waals surface area contributed by atoms with Gasteiger partial charge in [0.1, 0.15) is 23.9 Å². The molecule has 0 spiro atoms. The largest absolute Gasteiger partial charge is 0.456 e. The molecule has 0 atom stereocenters. The maximum Gasteiger partial charge on any atom is 0.150 e. The van der Waals surface area contributed by atoms with E-state index in [9.17, 15) is 4.79 Å². The predicted molar refractivity (Wildman–Crippen MR) is 72.4 cm³/mol. The molecule has 0 aliphatic heterocycles. The number of aldehydes is 1. The minimum Gasteiger partial charge on any atom is -0.456 e. The standard InChI is InChI=1S/C16H10N2O2/c17-8-7-12-1-4-15(5-2-12)20-16-6-3-13(11-19)9-14(16)10-18/h1-6,9,11H,7H2. The van der Waals surface area contributed by atoms with Crippen LogP contribution in [0.2, 0.25) is 0 Å². The van der Waals surface area contributed by atoms with Gasteiger partial charge < -0.3 is 4.74 Å². The zero-order valence-electron chi connectivity index (χ0n) is 10.5. The predicted octanol–water partition coefficient (Wildman–Crippen LogP) is 3.23. The summed E-state index contributed by atoms with van der Waals surface area (Å²) >= 11 is 0. The number of benzene rings is 2. The van der Waals surface area contributed by atoms with E-state index in [0.29, 0.717) is 35.3 Å². The third-order valence-electron chi connectivity index (χ3n) is 2.69. The van der Waals surface area contributed by atoms with Crippen molar-refractivity contribution in [1.82, 2.24) is 0 Å². The lowest BCUT2D eigenvalue weighted by molar-refractivity contribution is 0.112. The van der Waals surface area contributed by atoms with Crippen molar-refractivity contribution in [2.45, 2.75) is 6.42 Å². The second kappa shape index (κ2) is 6.17. The van der Waals surface area contributed by atoms with Gasteiger partial charge in [-0.05, 0) is 35.9 Å². The van der Waals surface area contributed by atoms with Gasteiger partial charge in [-0.1, -0.05) is 12.1 Å². The number of nitriles is 2. The Hall–Kier alpha value is -3.11. The summed E-state index contributed by atoms with van der Waals surface area (Å²) in [5.41, 5.74) is 1.63. The normalized spacial score (nSPS) is 9.30. The molecule has 0 unspecified atom stereocenters. The number of carbonyl (C=O) groups excluding carboxylic acids is 1. The second-order valence-electron chi connectivity index (χ2n) is 4.07. The van der Waals surface area contributed by atoms with E-state index in [1.54, 1.807) is 36.4 Å². The summed E-state index contributed by atoms with van der Waals surface area (Å²) in [6.45, 7) is 0. The van der Waals surface area contributed by atoms with Gasteiger partial charge in [-0.2, -0.15) is 10.5 Å². The van der Waals surface area contributed by atoms with Crippen LogP contribution in [0.3, 0.4) is 0 Å². The Morgan fingerprint density at radius 2 is 1.85 bits per heavy atom. The van der Waals surface area contributed by atoms with E-state index < -0.39 is 0 Å². The molecule has 0 saturated carbocycles. The molecule has 0 radical (unpaired) electrons. The van der Waals surface area contributed by atoms with Gasteiger partial charge in [0.2, 0.25) is 0 Å². The quantitative estimate of drug-likeness (QED) is 0.793. The van der Waals surface area contributed by atoms with Gasteiger partial charge >= 0.3 is 0 Å². The van der Waals surface area contributed by atoms with E-state index in [1.807, 2.05) is 6.07 Å². The van der Waals surface area contributed by atoms with Crippen LogP contribution in [-0.4, -0.2) is 6.29 Å². The number of rotatable bonds is 4. The average Bonchev–Trinajstić information content (AvgIpc) is 2.50. The first-order chi connectivity index (χ1) is 9.76. The molecule has 0 fully saturated rings. The molecule has 0 heterocycles. The van der Waals surface area contributed by atoms with Crippen molar-refractivity contribution in [3.63, 3.8) is 0 Å². The monoisotopic (exact) mass is 262 g/mol. The number of carbonyl (C=O) groups is 1. The van der Waals surface area contributed by atoms with E-state index in [1.165, 1.54) is 6.07 Å². The third kappa shape index (κ3) is 3.01. The lowest BCUT2D eigenvalue weighted by Crippen LogP contribution is -1.91. The fraction of sp³-hybridized carbons (Fsp3) is 0.0625. The van der Waals surface area contributed by atoms with Crippen molar-refractivity contribution in [1.29, 1.82) is 10.5 Å². The SMILES string of the molecule is N#CCc1ccc(Oc2ccc(C=O)cc2C#N)cc1. The topological polar surface area (TPSA) is 73.9 Å². The van der Waals surface area contributed by atoms with Crippen LogP contribution in [0, 0.1) is 22.7 Å². The van der Waals surface area contributed by atoms with Gasteiger partial charge in [-0.15, -0.1) is 0 Å². The third-order valence-corrected chi connectivity index (χ3v) is 2.69. The highest BCUT2D eigenvalue weighted by Crippen LogP contribution is 2.25. The highest BCUT2D eigenvalue weighted by atomic mass is 16.5. The van der Waals surface area contributed by atoms with Crippen LogP contribution >= 0.6 is 0 Å². The molecule has 0 bridgehead atoms. The summed E-state index contributed by atoms with van der Waals surface area (Å²) in [6, 6.07) is 15.8. The molecule has 0 amide bonds. The van der Waals surface area contributed by atoms with Crippen molar-refractivity contribution >= 4 is 6.29 Å². The number of nitrogens with zero attached hydrogens (tertiary/aromatic N) is 2. The van der Waals surface area contributed by atoms with Crippen molar-refractivity contribution < 1.29 is 9.53 Å². The Morgan fingerprint density at radius 3 is 2.45 bits per heavy atom. The van der Waals surface area contributed by atoms with Crippen molar-refractivity contribution in [2.75, 3.05) is 0 Å². The van der Waals surface area contributed by atoms with Crippen molar-refractivity contribution in [2.24, 2.45) is 0 Å². The molecule has 0 aliphatic rings. The fourth-order valence-electron chi connectivity index (χ4n) is 1.69. The maximum atomic E-state index is 10.7. The van der Waals surface area contributed by atoms with E-state index in [-0.39, 0.29) is 0 Å². The summed E-state index contributed by atoms with van der Waals surface area (Å²) < 4.78 is 5.61. The lowest BCUT2D eigenvalue weighted by atomic mass is 10.1. The van der Waals surface area contributed by atoms with Crippen LogP contribution in [-0.2, 0) is 6.42 Å². The number of ether oxygens (including phenoxy) is 1. The molecule has 0 saturated heterocycles. The molecule has 2 aromatic rings. The first-order valence-corrected chi connectivity index (χ1v) is 5.90. The molecule has 20 heavy (non-hydrogen) atoms. The summed E-state index contributed by atoms with van der Waals surface area (Å²) in [4.78, 5) is 10.7. The van der Waals surface area contributed by atoms with Gasteiger partial charge in [-0.3, -0.25) is 4.79 Å². The van der Waals surface area contributed by atoms with Crippen LogP contribution in [0.4, 0.5) is 0 Å². The summed E-state index contributed by atoms with van der Waals surface area (Å²) in [5, 5.41) is 17.6. The van der Waals surface area contributed by atoms with Crippen molar-refractivity contribution in [3.8, 4) is 23.6 Å². The molecular weight excluding hydrogens is 252 g/mol. The Kier molecular flexibility index (Phi) is 4.11. The van der Waals surface area contributed by atoms with E-state index in [4.69, 9.17) is 15.3 Å². The molecule has 0 aliphatic carbocycles. The Morgan fingerprint density at radius 1 is 1.10 bits per heavy atom. The summed E-state index contributed by atoms with van der Waals surface area (Å²) in [7, 11) is 0. The average molecular weight is 262 g/mol. The number of hydrogen-bond donors (Lipinski definition) is 0. The van der Waals surface area contributed by atoms with Crippen LogP contribution in [0.1, 0.15) is 21.5 Å². The Labute approximate surface area is 116 Å². The van der Waals surface area contributed by atoms with Crippen LogP contribution in [0.15, 0.2) is 42.5 Å². The van der Waals surface area contributed by atoms with Gasteiger partial charge in [0.05, 0.1) is 18.1 Å².